The lowest BCUT2D eigenvalue weighted by atomic mass is 10.1. The van der Waals surface area contributed by atoms with Crippen molar-refractivity contribution in [3.05, 3.63) is 63.6 Å². The number of halogens is 1. The van der Waals surface area contributed by atoms with Crippen molar-refractivity contribution in [3.8, 4) is 0 Å². The fraction of sp³-hybridized carbons (Fsp3) is 0.481. The van der Waals surface area contributed by atoms with Crippen molar-refractivity contribution in [3.63, 3.8) is 0 Å². The van der Waals surface area contributed by atoms with Crippen LogP contribution in [0.5, 0.6) is 0 Å². The predicted octanol–water partition coefficient (Wildman–Crippen LogP) is 5.14. The van der Waals surface area contributed by atoms with E-state index in [-0.39, 0.29) is 32.3 Å². The summed E-state index contributed by atoms with van der Waals surface area (Å²) in [6, 6.07) is 14.2. The summed E-state index contributed by atoms with van der Waals surface area (Å²) in [5.41, 5.74) is 4.40. The average Bonchev–Trinajstić information content (AvgIpc) is 3.21. The Morgan fingerprint density at radius 1 is 1.09 bits per heavy atom. The molecule has 0 saturated heterocycles. The lowest BCUT2D eigenvalue weighted by Gasteiger charge is -2.32. The SMILES string of the molecule is C.Cc1ccc(Br)cc1N(CC(=O)NCCCC(C)C)CC(=O)N(C)N1Cc2ccccc2C1. The lowest BCUT2D eigenvalue weighted by Crippen LogP contribution is -2.48. The van der Waals surface area contributed by atoms with E-state index in [9.17, 15) is 9.59 Å². The molecule has 7 heteroatoms. The van der Waals surface area contributed by atoms with Gasteiger partial charge in [0.05, 0.1) is 13.1 Å². The number of benzene rings is 2. The number of hydrazine groups is 1. The third-order valence-electron chi connectivity index (χ3n) is 6.06. The van der Waals surface area contributed by atoms with E-state index in [0.717, 1.165) is 28.6 Å². The maximum absolute atomic E-state index is 13.3. The number of nitrogens with one attached hydrogen (secondary N) is 1. The zero-order valence-electron chi connectivity index (χ0n) is 20.1. The maximum Gasteiger partial charge on any atom is 0.256 e. The van der Waals surface area contributed by atoms with E-state index in [4.69, 9.17) is 0 Å². The summed E-state index contributed by atoms with van der Waals surface area (Å²) in [4.78, 5) is 27.9. The van der Waals surface area contributed by atoms with Crippen LogP contribution in [0, 0.1) is 12.8 Å². The Kier molecular flexibility index (Phi) is 10.6. The summed E-state index contributed by atoms with van der Waals surface area (Å²) in [6.07, 6.45) is 2.03. The van der Waals surface area contributed by atoms with Gasteiger partial charge in [0, 0.05) is 36.8 Å². The molecule has 0 aliphatic carbocycles. The van der Waals surface area contributed by atoms with Gasteiger partial charge >= 0.3 is 0 Å². The number of rotatable bonds is 10. The fourth-order valence-electron chi connectivity index (χ4n) is 4.07. The van der Waals surface area contributed by atoms with Crippen molar-refractivity contribution in [2.75, 3.05) is 31.6 Å². The summed E-state index contributed by atoms with van der Waals surface area (Å²) in [5.74, 6) is 0.504. The Hall–Kier alpha value is -2.38. The quantitative estimate of drug-likeness (QED) is 0.432. The van der Waals surface area contributed by atoms with Crippen molar-refractivity contribution in [1.29, 1.82) is 0 Å². The third-order valence-corrected chi connectivity index (χ3v) is 6.56. The molecule has 3 rings (SSSR count). The van der Waals surface area contributed by atoms with Gasteiger partial charge in [-0.1, -0.05) is 67.5 Å². The van der Waals surface area contributed by atoms with Gasteiger partial charge in [-0.05, 0) is 54.5 Å². The molecule has 2 amide bonds. The molecule has 1 heterocycles. The van der Waals surface area contributed by atoms with Crippen molar-refractivity contribution >= 4 is 33.4 Å². The number of hydrogen-bond donors (Lipinski definition) is 1. The van der Waals surface area contributed by atoms with Crippen LogP contribution in [0.2, 0.25) is 0 Å². The van der Waals surface area contributed by atoms with Gasteiger partial charge in [-0.25, -0.2) is 5.01 Å². The summed E-state index contributed by atoms with van der Waals surface area (Å²) in [6.45, 7) is 8.71. The molecule has 0 spiro atoms. The molecule has 0 fully saturated rings. The highest BCUT2D eigenvalue weighted by atomic mass is 79.9. The van der Waals surface area contributed by atoms with Gasteiger partial charge in [0.15, 0.2) is 0 Å². The number of carbonyl (C=O) groups is 2. The molecule has 34 heavy (non-hydrogen) atoms. The Labute approximate surface area is 213 Å². The van der Waals surface area contributed by atoms with Crippen molar-refractivity contribution in [1.82, 2.24) is 15.3 Å². The van der Waals surface area contributed by atoms with Crippen LogP contribution in [-0.2, 0) is 22.7 Å². The number of carbonyl (C=O) groups excluding carboxylic acids is 2. The Bertz CT molecular complexity index is 954. The van der Waals surface area contributed by atoms with Gasteiger partial charge in [0.25, 0.3) is 5.91 Å². The summed E-state index contributed by atoms with van der Waals surface area (Å²) >= 11 is 3.53. The molecule has 186 valence electrons. The van der Waals surface area contributed by atoms with Gasteiger partial charge in [-0.2, -0.15) is 0 Å². The Balaban J connectivity index is 0.00000408. The standard InChI is InChI=1S/C26H35BrN4O2.CH4/c1-19(2)8-7-13-28-25(32)17-30(24-14-23(27)12-11-20(24)3)18-26(33)29(4)31-15-21-9-5-6-10-22(21)16-31;/h5-6,9-12,14,19H,7-8,13,15-18H2,1-4H3,(H,28,32);1H4. The molecule has 0 bridgehead atoms. The molecule has 0 unspecified atom stereocenters. The maximum atomic E-state index is 13.3. The van der Waals surface area contributed by atoms with Crippen LogP contribution in [0.25, 0.3) is 0 Å². The van der Waals surface area contributed by atoms with E-state index in [0.29, 0.717) is 25.6 Å². The van der Waals surface area contributed by atoms with Crippen molar-refractivity contribution in [2.24, 2.45) is 5.92 Å². The molecule has 0 radical (unpaired) electrons. The second-order valence-electron chi connectivity index (χ2n) is 9.18. The van der Waals surface area contributed by atoms with Gasteiger partial charge in [-0.3, -0.25) is 14.6 Å². The normalized spacial score (nSPS) is 12.8. The summed E-state index contributed by atoms with van der Waals surface area (Å²) < 4.78 is 0.918. The molecule has 0 aromatic heterocycles. The van der Waals surface area contributed by atoms with E-state index in [2.05, 4.69) is 47.2 Å². The van der Waals surface area contributed by atoms with Gasteiger partial charge < -0.3 is 10.2 Å². The molecule has 2 aromatic carbocycles. The molecule has 6 nitrogen and oxygen atoms in total. The van der Waals surface area contributed by atoms with Crippen LogP contribution in [-0.4, -0.2) is 48.5 Å². The zero-order valence-corrected chi connectivity index (χ0v) is 21.7. The van der Waals surface area contributed by atoms with Crippen LogP contribution in [0.3, 0.4) is 0 Å². The average molecular weight is 532 g/mol. The van der Waals surface area contributed by atoms with E-state index in [1.165, 1.54) is 11.1 Å². The number of fused-ring (bicyclic) bond motifs is 1. The number of nitrogens with zero attached hydrogens (tertiary/aromatic N) is 3. The first-order valence-corrected chi connectivity index (χ1v) is 12.4. The first kappa shape index (κ1) is 27.9. The second kappa shape index (κ2) is 12.9. The first-order valence-electron chi connectivity index (χ1n) is 11.6. The molecular formula is C27H39BrN4O2. The number of anilines is 1. The highest BCUT2D eigenvalue weighted by Crippen LogP contribution is 2.26. The molecule has 1 aliphatic rings. The molecule has 0 saturated carbocycles. The molecule has 1 N–H and O–H groups in total. The Morgan fingerprint density at radius 2 is 1.74 bits per heavy atom. The number of likely N-dealkylation sites (N-methyl/N-ethyl adjacent to an activating group) is 1. The first-order chi connectivity index (χ1) is 15.7. The van der Waals surface area contributed by atoms with Gasteiger partial charge in [0.2, 0.25) is 5.91 Å². The van der Waals surface area contributed by atoms with E-state index >= 15 is 0 Å². The Morgan fingerprint density at radius 3 is 2.35 bits per heavy atom. The van der Waals surface area contributed by atoms with Crippen LogP contribution < -0.4 is 10.2 Å². The molecule has 0 atom stereocenters. The molecule has 2 aromatic rings. The number of aryl methyl sites for hydroxylation is 1. The lowest BCUT2D eigenvalue weighted by molar-refractivity contribution is -0.145. The zero-order chi connectivity index (χ0) is 24.0. The van der Waals surface area contributed by atoms with Crippen molar-refractivity contribution in [2.45, 2.75) is 54.1 Å². The van der Waals surface area contributed by atoms with Crippen LogP contribution >= 0.6 is 15.9 Å². The minimum absolute atomic E-state index is 0. The third kappa shape index (κ3) is 7.57. The van der Waals surface area contributed by atoms with Gasteiger partial charge in [-0.15, -0.1) is 0 Å². The monoisotopic (exact) mass is 530 g/mol. The fourth-order valence-corrected chi connectivity index (χ4v) is 4.42. The predicted molar refractivity (Wildman–Crippen MR) is 143 cm³/mol. The van der Waals surface area contributed by atoms with Gasteiger partial charge in [0.1, 0.15) is 0 Å². The largest absolute Gasteiger partial charge is 0.355 e. The number of amides is 2. The van der Waals surface area contributed by atoms with Crippen LogP contribution in [0.1, 0.15) is 50.8 Å². The minimum atomic E-state index is -0.0674. The highest BCUT2D eigenvalue weighted by molar-refractivity contribution is 9.10. The van der Waals surface area contributed by atoms with Crippen LogP contribution in [0.15, 0.2) is 46.9 Å². The van der Waals surface area contributed by atoms with E-state index in [1.807, 2.05) is 54.2 Å². The molecule has 1 aliphatic heterocycles. The second-order valence-corrected chi connectivity index (χ2v) is 10.1. The van der Waals surface area contributed by atoms with Crippen LogP contribution in [0.4, 0.5) is 5.69 Å². The smallest absolute Gasteiger partial charge is 0.256 e. The van der Waals surface area contributed by atoms with E-state index in [1.54, 1.807) is 5.01 Å². The van der Waals surface area contributed by atoms with E-state index < -0.39 is 0 Å². The highest BCUT2D eigenvalue weighted by Gasteiger charge is 2.27. The topological polar surface area (TPSA) is 55.9 Å². The summed E-state index contributed by atoms with van der Waals surface area (Å²) in [7, 11) is 1.81. The number of hydrogen-bond acceptors (Lipinski definition) is 4. The minimum Gasteiger partial charge on any atom is -0.355 e. The summed E-state index contributed by atoms with van der Waals surface area (Å²) in [5, 5.41) is 6.76. The molecular weight excluding hydrogens is 492 g/mol. The van der Waals surface area contributed by atoms with Crippen molar-refractivity contribution < 1.29 is 9.59 Å².